The summed E-state index contributed by atoms with van der Waals surface area (Å²) in [5.41, 5.74) is 2.16. The highest BCUT2D eigenvalue weighted by atomic mass is 35.5. The van der Waals surface area contributed by atoms with Crippen LogP contribution in [0.3, 0.4) is 0 Å². The van der Waals surface area contributed by atoms with Gasteiger partial charge in [0.1, 0.15) is 5.75 Å². The van der Waals surface area contributed by atoms with Gasteiger partial charge in [-0.15, -0.1) is 0 Å². The van der Waals surface area contributed by atoms with Gasteiger partial charge in [-0.25, -0.2) is 0 Å². The van der Waals surface area contributed by atoms with Gasteiger partial charge in [0.15, 0.2) is 0 Å². The first-order valence-electron chi connectivity index (χ1n) is 7.86. The molecule has 1 aromatic rings. The molecule has 1 aliphatic heterocycles. The van der Waals surface area contributed by atoms with E-state index in [0.29, 0.717) is 0 Å². The summed E-state index contributed by atoms with van der Waals surface area (Å²) < 4.78 is 11.2. The maximum atomic E-state index is 6.16. The molecule has 3 nitrogen and oxygen atoms in total. The van der Waals surface area contributed by atoms with Gasteiger partial charge in [-0.05, 0) is 62.9 Å². The summed E-state index contributed by atoms with van der Waals surface area (Å²) in [5, 5.41) is 0.841. The zero-order valence-electron chi connectivity index (χ0n) is 13.2. The number of hydrogen-bond donors (Lipinski definition) is 0. The molecule has 118 valence electrons. The lowest BCUT2D eigenvalue weighted by molar-refractivity contribution is 0.0370. The molecule has 0 bridgehead atoms. The number of benzene rings is 1. The summed E-state index contributed by atoms with van der Waals surface area (Å²) in [6.45, 7) is 9.94. The predicted molar refractivity (Wildman–Crippen MR) is 87.5 cm³/mol. The van der Waals surface area contributed by atoms with Crippen LogP contribution in [0.25, 0.3) is 0 Å². The molecule has 0 N–H and O–H groups in total. The lowest BCUT2D eigenvalue weighted by Gasteiger charge is -2.26. The van der Waals surface area contributed by atoms with Crippen molar-refractivity contribution in [2.24, 2.45) is 0 Å². The van der Waals surface area contributed by atoms with E-state index in [9.17, 15) is 0 Å². The van der Waals surface area contributed by atoms with Gasteiger partial charge in [0, 0.05) is 18.1 Å². The Morgan fingerprint density at radius 3 is 2.43 bits per heavy atom. The van der Waals surface area contributed by atoms with Gasteiger partial charge < -0.3 is 9.47 Å². The van der Waals surface area contributed by atoms with E-state index < -0.39 is 0 Å². The molecular weight excluding hydrogens is 286 g/mol. The average molecular weight is 312 g/mol. The third-order valence-electron chi connectivity index (χ3n) is 3.90. The molecule has 0 aliphatic carbocycles. The Hall–Kier alpha value is -0.770. The number of halogens is 1. The highest BCUT2D eigenvalue weighted by Crippen LogP contribution is 2.25. The van der Waals surface area contributed by atoms with Crippen LogP contribution in [0.5, 0.6) is 5.75 Å². The molecular formula is C17H26ClNO2. The van der Waals surface area contributed by atoms with Crippen LogP contribution in [-0.2, 0) is 4.74 Å². The van der Waals surface area contributed by atoms with Crippen LogP contribution >= 0.6 is 11.6 Å². The molecule has 0 radical (unpaired) electrons. The van der Waals surface area contributed by atoms with Gasteiger partial charge in [0.05, 0.1) is 19.8 Å². The minimum absolute atomic E-state index is 0.781. The van der Waals surface area contributed by atoms with Crippen LogP contribution in [0, 0.1) is 13.8 Å². The van der Waals surface area contributed by atoms with Crippen molar-refractivity contribution >= 4 is 11.6 Å². The van der Waals surface area contributed by atoms with Crippen molar-refractivity contribution < 1.29 is 9.47 Å². The Kier molecular flexibility index (Phi) is 6.81. The number of ether oxygens (including phenoxy) is 2. The van der Waals surface area contributed by atoms with Crippen molar-refractivity contribution in [3.63, 3.8) is 0 Å². The van der Waals surface area contributed by atoms with Crippen molar-refractivity contribution in [2.45, 2.75) is 33.1 Å². The Morgan fingerprint density at radius 2 is 1.76 bits per heavy atom. The highest BCUT2D eigenvalue weighted by molar-refractivity contribution is 6.32. The SMILES string of the molecule is Cc1cc(OCCCCCN2CCOCC2)cc(C)c1Cl. The van der Waals surface area contributed by atoms with E-state index in [4.69, 9.17) is 21.1 Å². The van der Waals surface area contributed by atoms with E-state index >= 15 is 0 Å². The summed E-state index contributed by atoms with van der Waals surface area (Å²) in [4.78, 5) is 2.48. The Bertz CT molecular complexity index is 421. The molecule has 1 aliphatic rings. The zero-order chi connectivity index (χ0) is 15.1. The van der Waals surface area contributed by atoms with Gasteiger partial charge in [-0.1, -0.05) is 11.6 Å². The number of unbranched alkanes of at least 4 members (excludes halogenated alkanes) is 2. The third-order valence-corrected chi connectivity index (χ3v) is 4.50. The average Bonchev–Trinajstić information content (AvgIpc) is 2.49. The fraction of sp³-hybridized carbons (Fsp3) is 0.647. The Labute approximate surface area is 133 Å². The topological polar surface area (TPSA) is 21.7 Å². The number of aryl methyl sites for hydroxylation is 2. The van der Waals surface area contributed by atoms with Gasteiger partial charge in [0.2, 0.25) is 0 Å². The van der Waals surface area contributed by atoms with Gasteiger partial charge in [-0.2, -0.15) is 0 Å². The molecule has 0 atom stereocenters. The first kappa shape index (κ1) is 16.6. The fourth-order valence-electron chi connectivity index (χ4n) is 2.62. The van der Waals surface area contributed by atoms with Crippen LogP contribution < -0.4 is 4.74 Å². The molecule has 4 heteroatoms. The maximum absolute atomic E-state index is 6.16. The van der Waals surface area contributed by atoms with E-state index in [1.165, 1.54) is 19.4 Å². The van der Waals surface area contributed by atoms with Gasteiger partial charge >= 0.3 is 0 Å². The Balaban J connectivity index is 1.59. The van der Waals surface area contributed by atoms with E-state index in [-0.39, 0.29) is 0 Å². The summed E-state index contributed by atoms with van der Waals surface area (Å²) in [7, 11) is 0. The van der Waals surface area contributed by atoms with E-state index in [1.807, 2.05) is 26.0 Å². The molecule has 1 heterocycles. The standard InChI is InChI=1S/C17H26ClNO2/c1-14-12-16(13-15(2)17(14)18)21-9-5-3-4-6-19-7-10-20-11-8-19/h12-13H,3-11H2,1-2H3. The van der Waals surface area contributed by atoms with Gasteiger partial charge in [0.25, 0.3) is 0 Å². The second kappa shape index (κ2) is 8.62. The molecule has 0 unspecified atom stereocenters. The minimum Gasteiger partial charge on any atom is -0.494 e. The van der Waals surface area contributed by atoms with Crippen molar-refractivity contribution in [1.29, 1.82) is 0 Å². The molecule has 1 fully saturated rings. The quantitative estimate of drug-likeness (QED) is 0.714. The monoisotopic (exact) mass is 311 g/mol. The number of morpholine rings is 1. The lowest BCUT2D eigenvalue weighted by Crippen LogP contribution is -2.36. The minimum atomic E-state index is 0.781. The first-order chi connectivity index (χ1) is 10.2. The lowest BCUT2D eigenvalue weighted by atomic mass is 10.1. The summed E-state index contributed by atoms with van der Waals surface area (Å²) in [6, 6.07) is 4.03. The summed E-state index contributed by atoms with van der Waals surface area (Å²) in [5.74, 6) is 0.933. The summed E-state index contributed by atoms with van der Waals surface area (Å²) in [6.07, 6.45) is 3.55. The molecule has 1 saturated heterocycles. The van der Waals surface area contributed by atoms with Crippen molar-refractivity contribution in [1.82, 2.24) is 4.90 Å². The number of hydrogen-bond acceptors (Lipinski definition) is 3. The zero-order valence-corrected chi connectivity index (χ0v) is 13.9. The second-order valence-electron chi connectivity index (χ2n) is 5.73. The molecule has 0 spiro atoms. The van der Waals surface area contributed by atoms with E-state index in [1.54, 1.807) is 0 Å². The predicted octanol–water partition coefficient (Wildman–Crippen LogP) is 3.84. The largest absolute Gasteiger partial charge is 0.494 e. The molecule has 0 saturated carbocycles. The summed E-state index contributed by atoms with van der Waals surface area (Å²) >= 11 is 6.16. The fourth-order valence-corrected chi connectivity index (χ4v) is 2.73. The van der Waals surface area contributed by atoms with E-state index in [0.717, 1.165) is 61.2 Å². The smallest absolute Gasteiger partial charge is 0.119 e. The molecule has 21 heavy (non-hydrogen) atoms. The van der Waals surface area contributed by atoms with Crippen molar-refractivity contribution in [3.05, 3.63) is 28.3 Å². The van der Waals surface area contributed by atoms with Crippen LogP contribution in [0.2, 0.25) is 5.02 Å². The molecule has 0 aromatic heterocycles. The van der Waals surface area contributed by atoms with Crippen LogP contribution in [0.1, 0.15) is 30.4 Å². The highest BCUT2D eigenvalue weighted by Gasteiger charge is 2.09. The Morgan fingerprint density at radius 1 is 1.10 bits per heavy atom. The molecule has 0 amide bonds. The molecule has 1 aromatic carbocycles. The first-order valence-corrected chi connectivity index (χ1v) is 8.24. The van der Waals surface area contributed by atoms with Gasteiger partial charge in [-0.3, -0.25) is 4.90 Å². The van der Waals surface area contributed by atoms with Crippen molar-refractivity contribution in [2.75, 3.05) is 39.5 Å². The maximum Gasteiger partial charge on any atom is 0.119 e. The third kappa shape index (κ3) is 5.50. The number of nitrogens with zero attached hydrogens (tertiary/aromatic N) is 1. The second-order valence-corrected chi connectivity index (χ2v) is 6.11. The molecule has 2 rings (SSSR count). The van der Waals surface area contributed by atoms with Crippen LogP contribution in [0.15, 0.2) is 12.1 Å². The number of rotatable bonds is 7. The van der Waals surface area contributed by atoms with Crippen LogP contribution in [-0.4, -0.2) is 44.4 Å². The van der Waals surface area contributed by atoms with E-state index in [2.05, 4.69) is 4.90 Å². The van der Waals surface area contributed by atoms with Crippen molar-refractivity contribution in [3.8, 4) is 5.75 Å². The normalized spacial score (nSPS) is 16.1. The van der Waals surface area contributed by atoms with Crippen LogP contribution in [0.4, 0.5) is 0 Å².